The third-order valence-corrected chi connectivity index (χ3v) is 5.79. The molecule has 0 aliphatic heterocycles. The Balaban J connectivity index is 2.50. The molecule has 0 aromatic rings. The van der Waals surface area contributed by atoms with Crippen molar-refractivity contribution < 1.29 is 26.3 Å². The maximum Gasteiger partial charge on any atom is 0.404 e. The van der Waals surface area contributed by atoms with Gasteiger partial charge in [0, 0.05) is 5.92 Å². The largest absolute Gasteiger partial charge is 0.404 e. The van der Waals surface area contributed by atoms with Gasteiger partial charge in [-0.05, 0) is 43.4 Å². The molecular weight excluding hydrogens is 318 g/mol. The molecule has 0 spiro atoms. The van der Waals surface area contributed by atoms with E-state index in [1.807, 2.05) is 13.8 Å². The number of rotatable bonds is 2. The van der Waals surface area contributed by atoms with Gasteiger partial charge in [-0.2, -0.15) is 26.3 Å². The molecule has 2 atom stereocenters. The van der Waals surface area contributed by atoms with Gasteiger partial charge < -0.3 is 0 Å². The second-order valence-electron chi connectivity index (χ2n) is 7.37. The molecule has 2 aliphatic rings. The van der Waals surface area contributed by atoms with Crippen LogP contribution in [-0.2, 0) is 0 Å². The molecular formula is C17H24F6. The summed E-state index contributed by atoms with van der Waals surface area (Å²) in [6, 6.07) is 0. The fourth-order valence-electron chi connectivity index (χ4n) is 4.40. The lowest BCUT2D eigenvalue weighted by molar-refractivity contribution is -0.375. The maximum atomic E-state index is 13.9. The van der Waals surface area contributed by atoms with E-state index in [1.54, 1.807) is 0 Å². The highest BCUT2D eigenvalue weighted by Crippen LogP contribution is 2.64. The SMILES string of the molecule is CC1C=CC(C(C2CCC(C)CC2)(C(F)(F)F)C(F)(F)F)CC1. The Bertz CT molecular complexity index is 411. The van der Waals surface area contributed by atoms with E-state index in [4.69, 9.17) is 0 Å². The molecule has 0 amide bonds. The van der Waals surface area contributed by atoms with Crippen molar-refractivity contribution in [3.05, 3.63) is 12.2 Å². The van der Waals surface area contributed by atoms with E-state index < -0.39 is 29.6 Å². The molecule has 0 N–H and O–H groups in total. The monoisotopic (exact) mass is 342 g/mol. The summed E-state index contributed by atoms with van der Waals surface area (Å²) in [6.07, 6.45) is -6.67. The Kier molecular flexibility index (Phi) is 5.13. The first-order chi connectivity index (χ1) is 10.5. The van der Waals surface area contributed by atoms with E-state index in [9.17, 15) is 26.3 Å². The minimum absolute atomic E-state index is 0.0000796. The first kappa shape index (κ1) is 18.7. The van der Waals surface area contributed by atoms with Gasteiger partial charge in [-0.15, -0.1) is 0 Å². The van der Waals surface area contributed by atoms with Crippen molar-refractivity contribution in [2.75, 3.05) is 0 Å². The lowest BCUT2D eigenvalue weighted by atomic mass is 9.58. The van der Waals surface area contributed by atoms with Crippen molar-refractivity contribution in [3.8, 4) is 0 Å². The van der Waals surface area contributed by atoms with Crippen LogP contribution in [0.25, 0.3) is 0 Å². The molecule has 0 nitrogen and oxygen atoms in total. The maximum absolute atomic E-state index is 13.9. The average molecular weight is 342 g/mol. The summed E-state index contributed by atoms with van der Waals surface area (Å²) in [7, 11) is 0. The molecule has 23 heavy (non-hydrogen) atoms. The van der Waals surface area contributed by atoms with E-state index in [1.165, 1.54) is 12.2 Å². The molecule has 134 valence electrons. The Labute approximate surface area is 133 Å². The van der Waals surface area contributed by atoms with Gasteiger partial charge in [-0.3, -0.25) is 0 Å². The Hall–Kier alpha value is -0.680. The Morgan fingerprint density at radius 3 is 1.61 bits per heavy atom. The molecule has 2 rings (SSSR count). The van der Waals surface area contributed by atoms with Crippen LogP contribution in [0, 0.1) is 29.1 Å². The summed E-state index contributed by atoms with van der Waals surface area (Å²) < 4.78 is 83.3. The third-order valence-electron chi connectivity index (χ3n) is 5.79. The standard InChI is InChI=1S/C17H24F6/c1-11-3-7-13(8-4-11)15(16(18,19)20,17(21,22)23)14-9-5-12(2)6-10-14/h3,7,11-14H,4-6,8-10H2,1-2H3. The molecule has 0 radical (unpaired) electrons. The number of allylic oxidation sites excluding steroid dienone is 2. The van der Waals surface area contributed by atoms with Gasteiger partial charge >= 0.3 is 12.4 Å². The molecule has 6 heteroatoms. The topological polar surface area (TPSA) is 0 Å². The predicted molar refractivity (Wildman–Crippen MR) is 76.7 cm³/mol. The fraction of sp³-hybridized carbons (Fsp3) is 0.882. The summed E-state index contributed by atoms with van der Waals surface area (Å²) in [5, 5.41) is 0. The molecule has 2 aliphatic carbocycles. The normalized spacial score (nSPS) is 33.7. The van der Waals surface area contributed by atoms with Crippen molar-refractivity contribution in [2.45, 2.75) is 64.7 Å². The van der Waals surface area contributed by atoms with Gasteiger partial charge in [0.25, 0.3) is 0 Å². The van der Waals surface area contributed by atoms with Crippen molar-refractivity contribution in [2.24, 2.45) is 29.1 Å². The minimum Gasteiger partial charge on any atom is -0.170 e. The number of hydrogen-bond acceptors (Lipinski definition) is 0. The van der Waals surface area contributed by atoms with E-state index in [-0.39, 0.29) is 31.1 Å². The zero-order chi connectivity index (χ0) is 17.5. The van der Waals surface area contributed by atoms with Crippen molar-refractivity contribution in [1.29, 1.82) is 0 Å². The van der Waals surface area contributed by atoms with Crippen LogP contribution in [0.5, 0.6) is 0 Å². The third kappa shape index (κ3) is 3.27. The summed E-state index contributed by atoms with van der Waals surface area (Å²) in [5.74, 6) is -2.64. The highest BCUT2D eigenvalue weighted by molar-refractivity contribution is 5.12. The van der Waals surface area contributed by atoms with Crippen LogP contribution in [0.1, 0.15) is 52.4 Å². The van der Waals surface area contributed by atoms with Gasteiger partial charge in [0.15, 0.2) is 5.41 Å². The second kappa shape index (κ2) is 6.32. The van der Waals surface area contributed by atoms with Gasteiger partial charge in [-0.1, -0.05) is 38.8 Å². The second-order valence-corrected chi connectivity index (χ2v) is 7.37. The molecule has 0 bridgehead atoms. The predicted octanol–water partition coefficient (Wildman–Crippen LogP) is 6.53. The number of alkyl halides is 6. The first-order valence-electron chi connectivity index (χ1n) is 8.32. The molecule has 2 unspecified atom stereocenters. The number of halogens is 6. The lowest BCUT2D eigenvalue weighted by Crippen LogP contribution is -2.60. The van der Waals surface area contributed by atoms with E-state index in [0.29, 0.717) is 19.3 Å². The van der Waals surface area contributed by atoms with Gasteiger partial charge in [0.05, 0.1) is 0 Å². The summed E-state index contributed by atoms with van der Waals surface area (Å²) >= 11 is 0. The lowest BCUT2D eigenvalue weighted by Gasteiger charge is -2.50. The molecule has 0 aromatic carbocycles. The first-order valence-corrected chi connectivity index (χ1v) is 8.32. The summed E-state index contributed by atoms with van der Waals surface area (Å²) in [6.45, 7) is 3.71. The Morgan fingerprint density at radius 2 is 1.22 bits per heavy atom. The van der Waals surface area contributed by atoms with Crippen molar-refractivity contribution in [1.82, 2.24) is 0 Å². The summed E-state index contributed by atoms with van der Waals surface area (Å²) in [5.41, 5.74) is -3.60. The molecule has 0 saturated heterocycles. The van der Waals surface area contributed by atoms with Crippen LogP contribution in [0.15, 0.2) is 12.2 Å². The van der Waals surface area contributed by atoms with Gasteiger partial charge in [0.1, 0.15) is 0 Å². The van der Waals surface area contributed by atoms with Crippen LogP contribution >= 0.6 is 0 Å². The van der Waals surface area contributed by atoms with Crippen LogP contribution in [-0.4, -0.2) is 12.4 Å². The van der Waals surface area contributed by atoms with Crippen LogP contribution in [0.4, 0.5) is 26.3 Å². The molecule has 1 saturated carbocycles. The highest BCUT2D eigenvalue weighted by atomic mass is 19.4. The molecule has 1 fully saturated rings. The van der Waals surface area contributed by atoms with E-state index in [2.05, 4.69) is 0 Å². The molecule has 0 heterocycles. The Morgan fingerprint density at radius 1 is 0.696 bits per heavy atom. The highest BCUT2D eigenvalue weighted by Gasteiger charge is 2.75. The van der Waals surface area contributed by atoms with E-state index >= 15 is 0 Å². The van der Waals surface area contributed by atoms with Gasteiger partial charge in [-0.25, -0.2) is 0 Å². The quantitative estimate of drug-likeness (QED) is 0.395. The molecule has 0 aromatic heterocycles. The average Bonchev–Trinajstić information content (AvgIpc) is 2.40. The van der Waals surface area contributed by atoms with Crippen LogP contribution in [0.2, 0.25) is 0 Å². The fourth-order valence-corrected chi connectivity index (χ4v) is 4.40. The van der Waals surface area contributed by atoms with Crippen LogP contribution in [0.3, 0.4) is 0 Å². The zero-order valence-corrected chi connectivity index (χ0v) is 13.5. The smallest absolute Gasteiger partial charge is 0.170 e. The summed E-state index contributed by atoms with van der Waals surface area (Å²) in [4.78, 5) is 0. The van der Waals surface area contributed by atoms with Crippen LogP contribution < -0.4 is 0 Å². The van der Waals surface area contributed by atoms with Crippen molar-refractivity contribution >= 4 is 0 Å². The van der Waals surface area contributed by atoms with E-state index in [0.717, 1.165) is 0 Å². The zero-order valence-electron chi connectivity index (χ0n) is 13.5. The minimum atomic E-state index is -5.29. The number of hydrogen-bond donors (Lipinski definition) is 0. The van der Waals surface area contributed by atoms with Crippen molar-refractivity contribution in [3.63, 3.8) is 0 Å². The van der Waals surface area contributed by atoms with Gasteiger partial charge in [0.2, 0.25) is 0 Å².